The van der Waals surface area contributed by atoms with Crippen LogP contribution >= 0.6 is 0 Å². The van der Waals surface area contributed by atoms with Gasteiger partial charge in [-0.2, -0.15) is 0 Å². The summed E-state index contributed by atoms with van der Waals surface area (Å²) in [6.45, 7) is -0.621. The molecule has 0 bridgehead atoms. The molecule has 9 N–H and O–H groups in total. The van der Waals surface area contributed by atoms with Crippen LogP contribution in [0.2, 0.25) is 0 Å². The van der Waals surface area contributed by atoms with Crippen molar-refractivity contribution in [2.75, 3.05) is 6.61 Å². The average Bonchev–Trinajstić information content (AvgIpc) is 3.66. The first-order chi connectivity index (χ1) is 20.2. The number of nitrogens with zero attached hydrogens (tertiary/aromatic N) is 1. The number of hydrogen-bond donors (Lipinski definition) is 8. The molecule has 0 aliphatic carbocycles. The first-order valence-electron chi connectivity index (χ1n) is 13.3. The zero-order valence-electron chi connectivity index (χ0n) is 22.6. The van der Waals surface area contributed by atoms with Crippen LogP contribution in [-0.4, -0.2) is 79.6 Å². The van der Waals surface area contributed by atoms with Crippen LogP contribution < -0.4 is 21.7 Å². The second-order valence-electron chi connectivity index (χ2n) is 9.85. The number of imidazole rings is 1. The number of para-hydroxylation sites is 1. The third kappa shape index (κ3) is 7.80. The summed E-state index contributed by atoms with van der Waals surface area (Å²) in [4.78, 5) is 61.6. The Kier molecular flexibility index (Phi) is 10.0. The van der Waals surface area contributed by atoms with Gasteiger partial charge in [-0.1, -0.05) is 48.5 Å². The molecular formula is C29H33N7O6. The van der Waals surface area contributed by atoms with E-state index >= 15 is 0 Å². The summed E-state index contributed by atoms with van der Waals surface area (Å²) in [5, 5.41) is 27.7. The molecule has 13 heteroatoms. The number of carboxylic acid groups (broad SMARTS) is 1. The third-order valence-electron chi connectivity index (χ3n) is 6.77. The predicted molar refractivity (Wildman–Crippen MR) is 153 cm³/mol. The largest absolute Gasteiger partial charge is 0.480 e. The number of fused-ring (bicyclic) bond motifs is 1. The number of aliphatic hydroxyl groups excluding tert-OH is 1. The second kappa shape index (κ2) is 14.1. The number of H-pyrrole nitrogens is 2. The number of amides is 3. The van der Waals surface area contributed by atoms with E-state index in [0.29, 0.717) is 5.69 Å². The Morgan fingerprint density at radius 3 is 2.12 bits per heavy atom. The van der Waals surface area contributed by atoms with E-state index in [1.54, 1.807) is 30.5 Å². The van der Waals surface area contributed by atoms with E-state index in [1.807, 2.05) is 30.3 Å². The molecule has 4 unspecified atom stereocenters. The number of aliphatic hydroxyl groups is 1. The maximum absolute atomic E-state index is 13.6. The Labute approximate surface area is 240 Å². The molecule has 0 radical (unpaired) electrons. The number of aromatic nitrogens is 3. The fraction of sp³-hybridized carbons (Fsp3) is 0.276. The molecule has 0 fully saturated rings. The lowest BCUT2D eigenvalue weighted by atomic mass is 10.0. The van der Waals surface area contributed by atoms with Crippen molar-refractivity contribution in [2.24, 2.45) is 5.73 Å². The quantitative estimate of drug-likeness (QED) is 0.100. The van der Waals surface area contributed by atoms with Gasteiger partial charge in [0.15, 0.2) is 0 Å². The summed E-state index contributed by atoms with van der Waals surface area (Å²) < 4.78 is 0. The monoisotopic (exact) mass is 575 g/mol. The van der Waals surface area contributed by atoms with Gasteiger partial charge >= 0.3 is 5.97 Å². The molecule has 0 spiro atoms. The van der Waals surface area contributed by atoms with Gasteiger partial charge in [0.25, 0.3) is 0 Å². The predicted octanol–water partition coefficient (Wildman–Crippen LogP) is -0.222. The minimum atomic E-state index is -1.30. The minimum Gasteiger partial charge on any atom is -0.480 e. The molecule has 4 aromatic rings. The van der Waals surface area contributed by atoms with Gasteiger partial charge < -0.3 is 41.9 Å². The van der Waals surface area contributed by atoms with Gasteiger partial charge in [-0.15, -0.1) is 0 Å². The highest BCUT2D eigenvalue weighted by molar-refractivity contribution is 5.95. The van der Waals surface area contributed by atoms with Crippen molar-refractivity contribution in [1.29, 1.82) is 0 Å². The number of carbonyl (C=O) groups is 4. The summed E-state index contributed by atoms with van der Waals surface area (Å²) in [7, 11) is 0. The molecule has 2 heterocycles. The lowest BCUT2D eigenvalue weighted by Crippen LogP contribution is -2.58. The van der Waals surface area contributed by atoms with Crippen molar-refractivity contribution in [3.8, 4) is 0 Å². The highest BCUT2D eigenvalue weighted by Gasteiger charge is 2.31. The molecule has 4 atom stereocenters. The molecule has 220 valence electrons. The summed E-state index contributed by atoms with van der Waals surface area (Å²) in [5.41, 5.74) is 8.45. The highest BCUT2D eigenvalue weighted by Crippen LogP contribution is 2.19. The number of rotatable bonds is 14. The van der Waals surface area contributed by atoms with Crippen molar-refractivity contribution in [3.05, 3.63) is 90.1 Å². The van der Waals surface area contributed by atoms with Gasteiger partial charge in [-0.05, 0) is 17.2 Å². The molecule has 3 amide bonds. The van der Waals surface area contributed by atoms with Gasteiger partial charge in [-0.3, -0.25) is 14.4 Å². The lowest BCUT2D eigenvalue weighted by Gasteiger charge is -2.25. The van der Waals surface area contributed by atoms with Crippen molar-refractivity contribution in [3.63, 3.8) is 0 Å². The average molecular weight is 576 g/mol. The van der Waals surface area contributed by atoms with Crippen LogP contribution in [-0.2, 0) is 38.4 Å². The summed E-state index contributed by atoms with van der Waals surface area (Å²) >= 11 is 0. The lowest BCUT2D eigenvalue weighted by molar-refractivity contribution is -0.142. The number of aliphatic carboxylic acids is 1. The fourth-order valence-corrected chi connectivity index (χ4v) is 4.51. The Balaban J connectivity index is 1.60. The van der Waals surface area contributed by atoms with Gasteiger partial charge in [-0.25, -0.2) is 9.78 Å². The molecule has 0 saturated heterocycles. The number of hydrogen-bond acceptors (Lipinski definition) is 7. The van der Waals surface area contributed by atoms with Crippen LogP contribution in [0.1, 0.15) is 16.8 Å². The Hall–Kier alpha value is -5.01. The zero-order valence-corrected chi connectivity index (χ0v) is 22.6. The highest BCUT2D eigenvalue weighted by atomic mass is 16.4. The molecule has 2 aromatic heterocycles. The Morgan fingerprint density at radius 2 is 1.45 bits per heavy atom. The van der Waals surface area contributed by atoms with Crippen LogP contribution in [0.5, 0.6) is 0 Å². The molecule has 13 nitrogen and oxygen atoms in total. The number of aromatic amines is 2. The van der Waals surface area contributed by atoms with Crippen LogP contribution in [0.4, 0.5) is 0 Å². The van der Waals surface area contributed by atoms with Crippen LogP contribution in [0.15, 0.2) is 73.3 Å². The first-order valence-corrected chi connectivity index (χ1v) is 13.3. The topological polar surface area (TPSA) is 215 Å². The van der Waals surface area contributed by atoms with E-state index in [9.17, 15) is 29.4 Å². The molecule has 4 rings (SSSR count). The summed E-state index contributed by atoms with van der Waals surface area (Å²) in [6.07, 6.45) is 4.64. The van der Waals surface area contributed by atoms with E-state index in [1.165, 1.54) is 12.5 Å². The second-order valence-corrected chi connectivity index (χ2v) is 9.85. The van der Waals surface area contributed by atoms with E-state index in [-0.39, 0.29) is 19.3 Å². The maximum atomic E-state index is 13.6. The third-order valence-corrected chi connectivity index (χ3v) is 6.77. The standard InChI is InChI=1S/C29H33N7O6/c30-21(15-37)26(38)34-23(10-17-6-2-1-3-7-17)27(39)35-24(11-18-13-32-22-9-5-4-8-20(18)22)28(40)36-25(29(41)42)12-19-14-31-16-33-19/h1-9,13-14,16,21,23-25,32,37H,10-12,15,30H2,(H,31,33)(H,34,38)(H,35,39)(H,36,40)(H,41,42). The molecule has 0 aliphatic heterocycles. The first kappa shape index (κ1) is 30.0. The van der Waals surface area contributed by atoms with Gasteiger partial charge in [0, 0.05) is 48.3 Å². The zero-order chi connectivity index (χ0) is 30.1. The Bertz CT molecular complexity index is 1510. The van der Waals surface area contributed by atoms with Crippen LogP contribution in [0.25, 0.3) is 10.9 Å². The molecule has 2 aromatic carbocycles. The normalized spacial score (nSPS) is 14.0. The summed E-state index contributed by atoms with van der Waals surface area (Å²) in [5.74, 6) is -3.41. The SMILES string of the molecule is NC(CO)C(=O)NC(Cc1ccccc1)C(=O)NC(Cc1c[nH]c2ccccc12)C(=O)NC(Cc1cnc[nH]1)C(=O)O. The molecule has 0 aliphatic rings. The number of nitrogens with one attached hydrogen (secondary N) is 5. The van der Waals surface area contributed by atoms with Crippen LogP contribution in [0.3, 0.4) is 0 Å². The van der Waals surface area contributed by atoms with Crippen molar-refractivity contribution in [1.82, 2.24) is 30.9 Å². The Morgan fingerprint density at radius 1 is 0.810 bits per heavy atom. The van der Waals surface area contributed by atoms with E-state index in [4.69, 9.17) is 5.73 Å². The number of carbonyl (C=O) groups excluding carboxylic acids is 3. The number of carboxylic acids is 1. The fourth-order valence-electron chi connectivity index (χ4n) is 4.51. The minimum absolute atomic E-state index is 0.0279. The maximum Gasteiger partial charge on any atom is 0.326 e. The smallest absolute Gasteiger partial charge is 0.326 e. The van der Waals surface area contributed by atoms with Crippen molar-refractivity contribution >= 4 is 34.6 Å². The van der Waals surface area contributed by atoms with Gasteiger partial charge in [0.05, 0.1) is 12.9 Å². The van der Waals surface area contributed by atoms with Crippen molar-refractivity contribution in [2.45, 2.75) is 43.4 Å². The molecule has 42 heavy (non-hydrogen) atoms. The van der Waals surface area contributed by atoms with E-state index in [2.05, 4.69) is 30.9 Å². The van der Waals surface area contributed by atoms with E-state index in [0.717, 1.165) is 22.0 Å². The van der Waals surface area contributed by atoms with E-state index < -0.39 is 54.5 Å². The molecular weight excluding hydrogens is 542 g/mol. The van der Waals surface area contributed by atoms with Crippen LogP contribution in [0, 0.1) is 0 Å². The van der Waals surface area contributed by atoms with Crippen molar-refractivity contribution < 1.29 is 29.4 Å². The molecule has 0 saturated carbocycles. The number of benzene rings is 2. The summed E-state index contributed by atoms with van der Waals surface area (Å²) in [6, 6.07) is 11.5. The van der Waals surface area contributed by atoms with Gasteiger partial charge in [0.1, 0.15) is 24.2 Å². The number of nitrogens with two attached hydrogens (primary N) is 1. The van der Waals surface area contributed by atoms with Gasteiger partial charge in [0.2, 0.25) is 17.7 Å².